The molecule has 160 valence electrons. The number of nitrogens with one attached hydrogen (secondary N) is 1. The zero-order chi connectivity index (χ0) is 22.1. The minimum Gasteiger partial charge on any atom is -0.338 e. The summed E-state index contributed by atoms with van der Waals surface area (Å²) in [6, 6.07) is 10.6. The number of likely N-dealkylation sites (tertiary alicyclic amines) is 1. The van der Waals surface area contributed by atoms with Crippen molar-refractivity contribution in [2.45, 2.75) is 24.0 Å². The highest BCUT2D eigenvalue weighted by Gasteiger charge is 2.35. The highest BCUT2D eigenvalue weighted by molar-refractivity contribution is 7.90. The van der Waals surface area contributed by atoms with Crippen molar-refractivity contribution in [3.05, 3.63) is 59.7 Å². The molecule has 1 atom stereocenters. The average Bonchev–Trinajstić information content (AvgIpc) is 3.01. The van der Waals surface area contributed by atoms with Crippen LogP contribution in [0.5, 0.6) is 0 Å². The van der Waals surface area contributed by atoms with E-state index in [-0.39, 0.29) is 36.0 Å². The van der Waals surface area contributed by atoms with Crippen molar-refractivity contribution >= 4 is 27.3 Å². The SMILES string of the molecule is CS(=O)(=O)c1ccccc1NC(=O)C1CC(=O)N(Cc2cccc(C(F)(F)F)c2)C1. The van der Waals surface area contributed by atoms with Gasteiger partial charge >= 0.3 is 6.18 Å². The zero-order valence-corrected chi connectivity index (χ0v) is 16.8. The van der Waals surface area contributed by atoms with E-state index in [9.17, 15) is 31.2 Å². The lowest BCUT2D eigenvalue weighted by Crippen LogP contribution is -2.28. The first-order chi connectivity index (χ1) is 13.9. The minimum absolute atomic E-state index is 0.0297. The van der Waals surface area contributed by atoms with Crippen LogP contribution in [-0.4, -0.2) is 37.9 Å². The van der Waals surface area contributed by atoms with E-state index in [1.165, 1.54) is 35.2 Å². The van der Waals surface area contributed by atoms with Gasteiger partial charge in [0.1, 0.15) is 0 Å². The summed E-state index contributed by atoms with van der Waals surface area (Å²) in [6.45, 7) is -0.0194. The fraction of sp³-hybridized carbons (Fsp3) is 0.300. The molecule has 1 N–H and O–H groups in total. The fourth-order valence-corrected chi connectivity index (χ4v) is 4.14. The maximum atomic E-state index is 12.9. The van der Waals surface area contributed by atoms with E-state index in [0.717, 1.165) is 18.4 Å². The Bertz CT molecular complexity index is 1080. The van der Waals surface area contributed by atoms with E-state index in [1.54, 1.807) is 6.07 Å². The lowest BCUT2D eigenvalue weighted by Gasteiger charge is -2.18. The molecule has 3 rings (SSSR count). The van der Waals surface area contributed by atoms with Gasteiger partial charge < -0.3 is 10.2 Å². The van der Waals surface area contributed by atoms with Gasteiger partial charge in [-0.05, 0) is 29.8 Å². The van der Waals surface area contributed by atoms with Crippen LogP contribution < -0.4 is 5.32 Å². The highest BCUT2D eigenvalue weighted by Crippen LogP contribution is 2.30. The van der Waals surface area contributed by atoms with E-state index < -0.39 is 33.4 Å². The molecule has 1 heterocycles. The number of benzene rings is 2. The van der Waals surface area contributed by atoms with Crippen molar-refractivity contribution in [1.29, 1.82) is 0 Å². The van der Waals surface area contributed by atoms with Gasteiger partial charge in [0.2, 0.25) is 11.8 Å². The molecule has 2 aromatic carbocycles. The number of anilines is 1. The summed E-state index contributed by atoms with van der Waals surface area (Å²) >= 11 is 0. The molecule has 0 radical (unpaired) electrons. The lowest BCUT2D eigenvalue weighted by atomic mass is 10.1. The van der Waals surface area contributed by atoms with Crippen LogP contribution in [0, 0.1) is 5.92 Å². The molecule has 1 saturated heterocycles. The van der Waals surface area contributed by atoms with Gasteiger partial charge in [-0.25, -0.2) is 8.42 Å². The molecule has 2 amide bonds. The van der Waals surface area contributed by atoms with Crippen molar-refractivity contribution in [3.63, 3.8) is 0 Å². The molecular weight excluding hydrogens is 421 g/mol. The summed E-state index contributed by atoms with van der Waals surface area (Å²) in [5, 5.41) is 2.55. The van der Waals surface area contributed by atoms with E-state index in [2.05, 4.69) is 5.32 Å². The van der Waals surface area contributed by atoms with Crippen molar-refractivity contribution in [2.24, 2.45) is 5.92 Å². The minimum atomic E-state index is -4.49. The number of halogens is 3. The van der Waals surface area contributed by atoms with Gasteiger partial charge in [-0.3, -0.25) is 9.59 Å². The number of rotatable bonds is 5. The van der Waals surface area contributed by atoms with Gasteiger partial charge in [0.05, 0.1) is 22.1 Å². The number of para-hydroxylation sites is 1. The number of hydrogen-bond acceptors (Lipinski definition) is 4. The zero-order valence-electron chi connectivity index (χ0n) is 15.9. The first-order valence-corrected chi connectivity index (χ1v) is 10.9. The quantitative estimate of drug-likeness (QED) is 0.775. The molecule has 1 aliphatic heterocycles. The van der Waals surface area contributed by atoms with E-state index in [0.29, 0.717) is 5.56 Å². The van der Waals surface area contributed by atoms with Gasteiger partial charge in [0, 0.05) is 25.8 Å². The molecule has 6 nitrogen and oxygen atoms in total. The molecule has 0 aliphatic carbocycles. The average molecular weight is 440 g/mol. The first kappa shape index (κ1) is 21.8. The molecule has 10 heteroatoms. The van der Waals surface area contributed by atoms with Crippen LogP contribution in [-0.2, 0) is 32.1 Å². The summed E-state index contributed by atoms with van der Waals surface area (Å²) in [5.41, 5.74) is -0.381. The molecule has 30 heavy (non-hydrogen) atoms. The van der Waals surface area contributed by atoms with Gasteiger partial charge in [-0.2, -0.15) is 13.2 Å². The standard InChI is InChI=1S/C20H19F3N2O4S/c1-30(28,29)17-8-3-2-7-16(17)24-19(27)14-10-18(26)25(12-14)11-13-5-4-6-15(9-13)20(21,22)23/h2-9,14H,10-12H2,1H3,(H,24,27). The third-order valence-electron chi connectivity index (χ3n) is 4.76. The van der Waals surface area contributed by atoms with Crippen molar-refractivity contribution in [3.8, 4) is 0 Å². The first-order valence-electron chi connectivity index (χ1n) is 8.99. The van der Waals surface area contributed by atoms with Crippen LogP contribution in [0.25, 0.3) is 0 Å². The molecule has 0 bridgehead atoms. The molecule has 2 aromatic rings. The number of alkyl halides is 3. The Labute approximate surface area is 171 Å². The van der Waals surface area contributed by atoms with E-state index >= 15 is 0 Å². The fourth-order valence-electron chi connectivity index (χ4n) is 3.30. The number of carbonyl (C=O) groups is 2. The Hall–Kier alpha value is -2.88. The maximum absolute atomic E-state index is 12.9. The van der Waals surface area contributed by atoms with Crippen molar-refractivity contribution < 1.29 is 31.2 Å². The Morgan fingerprint density at radius 2 is 1.87 bits per heavy atom. The predicted molar refractivity (Wildman–Crippen MR) is 103 cm³/mol. The number of hydrogen-bond donors (Lipinski definition) is 1. The van der Waals surface area contributed by atoms with Crippen LogP contribution >= 0.6 is 0 Å². The van der Waals surface area contributed by atoms with E-state index in [4.69, 9.17) is 0 Å². The summed E-state index contributed by atoms with van der Waals surface area (Å²) in [4.78, 5) is 26.2. The normalized spacial score (nSPS) is 17.3. The summed E-state index contributed by atoms with van der Waals surface area (Å²) in [6.07, 6.45) is -3.57. The molecule has 0 aromatic heterocycles. The van der Waals surface area contributed by atoms with Crippen LogP contribution in [0.15, 0.2) is 53.4 Å². The molecule has 1 aliphatic rings. The third-order valence-corrected chi connectivity index (χ3v) is 5.91. The number of sulfone groups is 1. The number of nitrogens with zero attached hydrogens (tertiary/aromatic N) is 1. The Kier molecular flexibility index (Phi) is 5.89. The molecule has 1 unspecified atom stereocenters. The van der Waals surface area contributed by atoms with Crippen molar-refractivity contribution in [1.82, 2.24) is 4.90 Å². The summed E-state index contributed by atoms with van der Waals surface area (Å²) < 4.78 is 62.4. The lowest BCUT2D eigenvalue weighted by molar-refractivity contribution is -0.137. The second-order valence-corrected chi connectivity index (χ2v) is 9.12. The Morgan fingerprint density at radius 3 is 2.53 bits per heavy atom. The van der Waals surface area contributed by atoms with Gasteiger partial charge in [0.15, 0.2) is 9.84 Å². The van der Waals surface area contributed by atoms with Gasteiger partial charge in [0.25, 0.3) is 0 Å². The number of amides is 2. The molecular formula is C20H19F3N2O4S. The highest BCUT2D eigenvalue weighted by atomic mass is 32.2. The topological polar surface area (TPSA) is 83.5 Å². The second kappa shape index (κ2) is 8.10. The molecule has 0 spiro atoms. The van der Waals surface area contributed by atoms with Crippen LogP contribution in [0.1, 0.15) is 17.5 Å². The van der Waals surface area contributed by atoms with E-state index in [1.807, 2.05) is 0 Å². The smallest absolute Gasteiger partial charge is 0.338 e. The van der Waals surface area contributed by atoms with Gasteiger partial charge in [-0.15, -0.1) is 0 Å². The maximum Gasteiger partial charge on any atom is 0.416 e. The van der Waals surface area contributed by atoms with Crippen LogP contribution in [0.3, 0.4) is 0 Å². The largest absolute Gasteiger partial charge is 0.416 e. The second-order valence-electron chi connectivity index (χ2n) is 7.13. The molecule has 0 saturated carbocycles. The van der Waals surface area contributed by atoms with Crippen LogP contribution in [0.2, 0.25) is 0 Å². The Balaban J connectivity index is 1.70. The van der Waals surface area contributed by atoms with Crippen molar-refractivity contribution in [2.75, 3.05) is 18.1 Å². The molecule has 1 fully saturated rings. The third kappa shape index (κ3) is 4.99. The number of carbonyl (C=O) groups excluding carboxylic acids is 2. The Morgan fingerprint density at radius 1 is 1.17 bits per heavy atom. The van der Waals surface area contributed by atoms with Gasteiger partial charge in [-0.1, -0.05) is 24.3 Å². The predicted octanol–water partition coefficient (Wildman–Crippen LogP) is 3.10. The summed E-state index contributed by atoms with van der Waals surface area (Å²) in [5.74, 6) is -1.62. The monoisotopic (exact) mass is 440 g/mol. The summed E-state index contributed by atoms with van der Waals surface area (Å²) in [7, 11) is -3.56. The van der Waals surface area contributed by atoms with Crippen LogP contribution in [0.4, 0.5) is 18.9 Å².